The Bertz CT molecular complexity index is 394. The molecule has 0 amide bonds. The molecule has 1 N–H and O–H groups in total. The van der Waals surface area contributed by atoms with Gasteiger partial charge in [0.1, 0.15) is 5.82 Å². The molecule has 2 heteroatoms. The summed E-state index contributed by atoms with van der Waals surface area (Å²) < 4.78 is 14.0. The quantitative estimate of drug-likeness (QED) is 0.765. The molecule has 1 saturated heterocycles. The van der Waals surface area contributed by atoms with Gasteiger partial charge in [-0.3, -0.25) is 0 Å². The van der Waals surface area contributed by atoms with Crippen molar-refractivity contribution >= 4 is 0 Å². The third-order valence-electron chi connectivity index (χ3n) is 3.90. The van der Waals surface area contributed by atoms with Crippen LogP contribution >= 0.6 is 0 Å². The van der Waals surface area contributed by atoms with Crippen molar-refractivity contribution in [1.82, 2.24) is 5.32 Å². The maximum Gasteiger partial charge on any atom is 0.128 e. The lowest BCUT2D eigenvalue weighted by Crippen LogP contribution is -2.27. The van der Waals surface area contributed by atoms with E-state index in [1.807, 2.05) is 0 Å². The Balaban J connectivity index is 1.94. The molecule has 1 aliphatic carbocycles. The molecule has 0 bridgehead atoms. The number of fused-ring (bicyclic) bond motifs is 1. The summed E-state index contributed by atoms with van der Waals surface area (Å²) in [4.78, 5) is 0. The summed E-state index contributed by atoms with van der Waals surface area (Å²) in [6, 6.07) is 4.13. The average Bonchev–Trinajstić information content (AvgIpc) is 2.76. The van der Waals surface area contributed by atoms with Crippen LogP contribution in [0.5, 0.6) is 0 Å². The van der Waals surface area contributed by atoms with E-state index in [1.54, 1.807) is 6.07 Å². The third-order valence-corrected chi connectivity index (χ3v) is 3.90. The average molecular weight is 219 g/mol. The summed E-state index contributed by atoms with van der Waals surface area (Å²) in [7, 11) is 0. The largest absolute Gasteiger partial charge is 0.310 e. The van der Waals surface area contributed by atoms with Gasteiger partial charge in [-0.1, -0.05) is 12.5 Å². The Kier molecular flexibility index (Phi) is 2.68. The maximum atomic E-state index is 14.0. The fourth-order valence-electron chi connectivity index (χ4n) is 3.00. The Labute approximate surface area is 96.1 Å². The number of rotatable bonds is 1. The topological polar surface area (TPSA) is 12.0 Å². The van der Waals surface area contributed by atoms with Crippen LogP contribution in [0.2, 0.25) is 0 Å². The summed E-state index contributed by atoms with van der Waals surface area (Å²) >= 11 is 0. The number of benzene rings is 1. The smallest absolute Gasteiger partial charge is 0.128 e. The van der Waals surface area contributed by atoms with E-state index in [4.69, 9.17) is 0 Å². The molecule has 1 heterocycles. The van der Waals surface area contributed by atoms with Gasteiger partial charge in [0.2, 0.25) is 0 Å². The van der Waals surface area contributed by atoms with Crippen molar-refractivity contribution in [3.8, 4) is 0 Å². The van der Waals surface area contributed by atoms with E-state index in [0.29, 0.717) is 0 Å². The molecule has 1 aromatic carbocycles. The first kappa shape index (κ1) is 10.3. The third kappa shape index (κ3) is 1.75. The molecule has 0 aromatic heterocycles. The number of nitrogens with one attached hydrogen (secondary N) is 1. The zero-order valence-electron chi connectivity index (χ0n) is 9.56. The van der Waals surface area contributed by atoms with E-state index >= 15 is 0 Å². The Morgan fingerprint density at radius 2 is 1.88 bits per heavy atom. The number of hydrogen-bond acceptors (Lipinski definition) is 1. The van der Waals surface area contributed by atoms with E-state index in [0.717, 1.165) is 31.4 Å². The van der Waals surface area contributed by atoms with Gasteiger partial charge in [-0.2, -0.15) is 0 Å². The number of halogens is 1. The van der Waals surface area contributed by atoms with Crippen molar-refractivity contribution in [3.05, 3.63) is 34.6 Å². The normalized spacial score (nSPS) is 24.4. The minimum Gasteiger partial charge on any atom is -0.310 e. The van der Waals surface area contributed by atoms with Crippen LogP contribution in [0.4, 0.5) is 4.39 Å². The van der Waals surface area contributed by atoms with E-state index in [9.17, 15) is 4.39 Å². The van der Waals surface area contributed by atoms with Gasteiger partial charge < -0.3 is 5.32 Å². The molecule has 86 valence electrons. The molecular weight excluding hydrogens is 201 g/mol. The minimum absolute atomic E-state index is 0.0000463. The van der Waals surface area contributed by atoms with Crippen LogP contribution in [-0.2, 0) is 12.8 Å². The van der Waals surface area contributed by atoms with Gasteiger partial charge in [0.05, 0.1) is 0 Å². The second kappa shape index (κ2) is 4.17. The first-order valence-electron chi connectivity index (χ1n) is 6.39. The molecule has 0 saturated carbocycles. The van der Waals surface area contributed by atoms with Crippen molar-refractivity contribution < 1.29 is 4.39 Å². The van der Waals surface area contributed by atoms with Crippen LogP contribution in [0.3, 0.4) is 0 Å². The Morgan fingerprint density at radius 3 is 2.62 bits per heavy atom. The fraction of sp³-hybridized carbons (Fsp3) is 0.571. The highest BCUT2D eigenvalue weighted by molar-refractivity contribution is 5.37. The lowest BCUT2D eigenvalue weighted by molar-refractivity contribution is 0.399. The van der Waals surface area contributed by atoms with Gasteiger partial charge in [-0.25, -0.2) is 4.39 Å². The summed E-state index contributed by atoms with van der Waals surface area (Å²) in [5, 5.41) is 3.43. The van der Waals surface area contributed by atoms with E-state index in [-0.39, 0.29) is 11.9 Å². The molecule has 1 fully saturated rings. The molecule has 1 aliphatic heterocycles. The highest BCUT2D eigenvalue weighted by Gasteiger charge is 2.21. The van der Waals surface area contributed by atoms with Gasteiger partial charge in [0.15, 0.2) is 0 Å². The summed E-state index contributed by atoms with van der Waals surface area (Å²) in [6.07, 6.45) is 6.91. The molecule has 1 nitrogen and oxygen atoms in total. The first-order valence-corrected chi connectivity index (χ1v) is 6.39. The Morgan fingerprint density at radius 1 is 1.06 bits per heavy atom. The van der Waals surface area contributed by atoms with Crippen molar-refractivity contribution in [2.24, 2.45) is 0 Å². The molecule has 0 spiro atoms. The van der Waals surface area contributed by atoms with E-state index in [1.165, 1.54) is 30.4 Å². The highest BCUT2D eigenvalue weighted by Crippen LogP contribution is 2.31. The van der Waals surface area contributed by atoms with Crippen molar-refractivity contribution in [2.45, 2.75) is 44.6 Å². The standard InChI is InChI=1S/C14H18FN/c15-13-9-11-5-3-4-10(11)8-12(13)14-6-1-2-7-16-14/h8-9,14,16H,1-7H2. The number of hydrogen-bond donors (Lipinski definition) is 1. The van der Waals surface area contributed by atoms with Crippen molar-refractivity contribution in [2.75, 3.05) is 6.54 Å². The summed E-state index contributed by atoms with van der Waals surface area (Å²) in [6.45, 7) is 1.03. The predicted molar refractivity (Wildman–Crippen MR) is 63.0 cm³/mol. The lowest BCUT2D eigenvalue weighted by Gasteiger charge is -2.24. The molecular formula is C14H18FN. The Hall–Kier alpha value is -0.890. The van der Waals surface area contributed by atoms with E-state index in [2.05, 4.69) is 11.4 Å². The minimum atomic E-state index is 0.0000463. The molecule has 16 heavy (non-hydrogen) atoms. The monoisotopic (exact) mass is 219 g/mol. The second-order valence-corrected chi connectivity index (χ2v) is 5.00. The highest BCUT2D eigenvalue weighted by atomic mass is 19.1. The second-order valence-electron chi connectivity index (χ2n) is 5.00. The molecule has 0 radical (unpaired) electrons. The molecule has 1 atom stereocenters. The van der Waals surface area contributed by atoms with Gasteiger partial charge >= 0.3 is 0 Å². The lowest BCUT2D eigenvalue weighted by atomic mass is 9.94. The molecule has 3 rings (SSSR count). The van der Waals surface area contributed by atoms with Crippen molar-refractivity contribution in [3.63, 3.8) is 0 Å². The van der Waals surface area contributed by atoms with Crippen LogP contribution in [-0.4, -0.2) is 6.54 Å². The van der Waals surface area contributed by atoms with Crippen LogP contribution in [0.15, 0.2) is 12.1 Å². The van der Waals surface area contributed by atoms with Gasteiger partial charge in [0.25, 0.3) is 0 Å². The predicted octanol–water partition coefficient (Wildman–Crippen LogP) is 3.13. The zero-order valence-corrected chi connectivity index (χ0v) is 9.56. The van der Waals surface area contributed by atoms with Gasteiger partial charge in [-0.05, 0) is 55.8 Å². The summed E-state index contributed by atoms with van der Waals surface area (Å²) in [5.74, 6) is 0.0000463. The first-order chi connectivity index (χ1) is 7.84. The molecule has 2 aliphatic rings. The maximum absolute atomic E-state index is 14.0. The fourth-order valence-corrected chi connectivity index (χ4v) is 3.00. The number of piperidine rings is 1. The van der Waals surface area contributed by atoms with E-state index < -0.39 is 0 Å². The van der Waals surface area contributed by atoms with Crippen LogP contribution in [0, 0.1) is 5.82 Å². The zero-order chi connectivity index (χ0) is 11.0. The van der Waals surface area contributed by atoms with Gasteiger partial charge in [-0.15, -0.1) is 0 Å². The van der Waals surface area contributed by atoms with Gasteiger partial charge in [0, 0.05) is 11.6 Å². The SMILES string of the molecule is Fc1cc2c(cc1C1CCCCN1)CCC2. The van der Waals surface area contributed by atoms with Crippen molar-refractivity contribution in [1.29, 1.82) is 0 Å². The molecule has 1 aromatic rings. The van der Waals surface area contributed by atoms with Crippen LogP contribution in [0.1, 0.15) is 48.4 Å². The van der Waals surface area contributed by atoms with Crippen LogP contribution < -0.4 is 5.32 Å². The van der Waals surface area contributed by atoms with Crippen LogP contribution in [0.25, 0.3) is 0 Å². The number of aryl methyl sites for hydroxylation is 2. The summed E-state index contributed by atoms with van der Waals surface area (Å²) in [5.41, 5.74) is 3.51. The molecule has 1 unspecified atom stereocenters.